The lowest BCUT2D eigenvalue weighted by molar-refractivity contribution is -0.136. The number of hydrogen-bond acceptors (Lipinski definition) is 5. The highest BCUT2D eigenvalue weighted by molar-refractivity contribution is 7.89. The number of carboxylic acid groups (broad SMARTS) is 1. The van der Waals surface area contributed by atoms with E-state index >= 15 is 0 Å². The second kappa shape index (κ2) is 5.50. The molecule has 1 heterocycles. The molecule has 0 amide bonds. The first-order valence-electron chi connectivity index (χ1n) is 5.77. The summed E-state index contributed by atoms with van der Waals surface area (Å²) in [5.74, 6) is -1.13. The predicted molar refractivity (Wildman–Crippen MR) is 72.6 cm³/mol. The number of carbonyl (C=O) groups is 1. The SMILES string of the molecule is O=C(O)CCNS(=O)(=O)c1ccc2[nH]c(=O)c(=O)[nH]c2c1. The number of nitrogens with one attached hydrogen (secondary N) is 3. The smallest absolute Gasteiger partial charge is 0.314 e. The molecule has 2 aromatic rings. The van der Waals surface area contributed by atoms with E-state index in [0.717, 1.165) is 0 Å². The number of hydrogen-bond donors (Lipinski definition) is 4. The maximum atomic E-state index is 11.9. The summed E-state index contributed by atoms with van der Waals surface area (Å²) in [5.41, 5.74) is -1.29. The lowest BCUT2D eigenvalue weighted by Gasteiger charge is -2.06. The molecule has 0 atom stereocenters. The Kier molecular flexibility index (Phi) is 3.91. The zero-order valence-electron chi connectivity index (χ0n) is 10.5. The van der Waals surface area contributed by atoms with Crippen LogP contribution in [0.15, 0.2) is 32.7 Å². The Morgan fingerprint density at radius 2 is 1.76 bits per heavy atom. The highest BCUT2D eigenvalue weighted by Gasteiger charge is 2.15. The second-order valence-electron chi connectivity index (χ2n) is 4.16. The molecule has 0 aliphatic heterocycles. The van der Waals surface area contributed by atoms with Crippen molar-refractivity contribution in [1.29, 1.82) is 0 Å². The zero-order chi connectivity index (χ0) is 15.6. The maximum absolute atomic E-state index is 11.9. The van der Waals surface area contributed by atoms with E-state index < -0.39 is 27.1 Å². The quantitative estimate of drug-likeness (QED) is 0.518. The van der Waals surface area contributed by atoms with E-state index in [-0.39, 0.29) is 28.9 Å². The minimum absolute atomic E-state index is 0.150. The van der Waals surface area contributed by atoms with Gasteiger partial charge in [0, 0.05) is 6.54 Å². The van der Waals surface area contributed by atoms with Gasteiger partial charge in [0.2, 0.25) is 10.0 Å². The topological polar surface area (TPSA) is 149 Å². The Morgan fingerprint density at radius 3 is 2.38 bits per heavy atom. The highest BCUT2D eigenvalue weighted by atomic mass is 32.2. The van der Waals surface area contributed by atoms with Gasteiger partial charge in [-0.25, -0.2) is 13.1 Å². The van der Waals surface area contributed by atoms with Gasteiger partial charge < -0.3 is 15.1 Å². The fraction of sp³-hybridized carbons (Fsp3) is 0.182. The van der Waals surface area contributed by atoms with E-state index in [1.54, 1.807) is 0 Å². The number of H-pyrrole nitrogens is 2. The van der Waals surface area contributed by atoms with Gasteiger partial charge >= 0.3 is 17.1 Å². The van der Waals surface area contributed by atoms with Crippen molar-refractivity contribution in [2.75, 3.05) is 6.54 Å². The molecular formula is C11H11N3O6S. The number of fused-ring (bicyclic) bond motifs is 1. The van der Waals surface area contributed by atoms with Gasteiger partial charge in [0.1, 0.15) is 0 Å². The van der Waals surface area contributed by atoms with Gasteiger partial charge in [-0.05, 0) is 18.2 Å². The average Bonchev–Trinajstić information content (AvgIpc) is 2.38. The largest absolute Gasteiger partial charge is 0.481 e. The van der Waals surface area contributed by atoms with Crippen molar-refractivity contribution in [2.45, 2.75) is 11.3 Å². The summed E-state index contributed by atoms with van der Waals surface area (Å²) < 4.78 is 26.0. The molecule has 0 saturated heterocycles. The summed E-state index contributed by atoms with van der Waals surface area (Å²) in [6.07, 6.45) is -0.350. The lowest BCUT2D eigenvalue weighted by Crippen LogP contribution is -2.29. The van der Waals surface area contributed by atoms with Crippen molar-refractivity contribution >= 4 is 27.0 Å². The zero-order valence-corrected chi connectivity index (χ0v) is 11.4. The molecule has 21 heavy (non-hydrogen) atoms. The van der Waals surface area contributed by atoms with E-state index in [2.05, 4.69) is 14.7 Å². The highest BCUT2D eigenvalue weighted by Crippen LogP contribution is 2.14. The van der Waals surface area contributed by atoms with Gasteiger partial charge in [-0.2, -0.15) is 0 Å². The fourth-order valence-electron chi connectivity index (χ4n) is 1.64. The Hall–Kier alpha value is -2.46. The number of carboxylic acids is 1. The molecule has 9 nitrogen and oxygen atoms in total. The number of aliphatic carboxylic acids is 1. The van der Waals surface area contributed by atoms with Crippen LogP contribution in [-0.4, -0.2) is 36.0 Å². The van der Waals surface area contributed by atoms with E-state index in [0.29, 0.717) is 0 Å². The van der Waals surface area contributed by atoms with Crippen LogP contribution < -0.4 is 15.8 Å². The summed E-state index contributed by atoms with van der Waals surface area (Å²) in [4.78, 5) is 37.1. The molecule has 0 bridgehead atoms. The summed E-state index contributed by atoms with van der Waals surface area (Å²) in [7, 11) is -3.90. The van der Waals surface area contributed by atoms with Crippen molar-refractivity contribution in [3.05, 3.63) is 38.9 Å². The molecule has 2 rings (SSSR count). The number of aromatic nitrogens is 2. The van der Waals surface area contributed by atoms with Gasteiger partial charge in [0.25, 0.3) is 0 Å². The molecule has 0 unspecified atom stereocenters. The normalized spacial score (nSPS) is 11.6. The van der Waals surface area contributed by atoms with Crippen LogP contribution in [0.5, 0.6) is 0 Å². The fourth-order valence-corrected chi connectivity index (χ4v) is 2.69. The molecule has 0 aliphatic carbocycles. The van der Waals surface area contributed by atoms with Crippen LogP contribution >= 0.6 is 0 Å². The predicted octanol–water partition coefficient (Wildman–Crippen LogP) is -1.03. The summed E-state index contributed by atoms with van der Waals surface area (Å²) in [6.45, 7) is -0.252. The number of rotatable bonds is 5. The molecular weight excluding hydrogens is 302 g/mol. The number of sulfonamides is 1. The van der Waals surface area contributed by atoms with E-state index in [1.165, 1.54) is 18.2 Å². The van der Waals surface area contributed by atoms with Gasteiger partial charge in [-0.3, -0.25) is 14.4 Å². The molecule has 0 fully saturated rings. The van der Waals surface area contributed by atoms with E-state index in [1.807, 2.05) is 0 Å². The third-order valence-corrected chi connectivity index (χ3v) is 4.09. The Labute approximate surface area is 117 Å². The lowest BCUT2D eigenvalue weighted by atomic mass is 10.3. The first-order chi connectivity index (χ1) is 9.79. The van der Waals surface area contributed by atoms with Crippen LogP contribution in [0.4, 0.5) is 0 Å². The Bertz CT molecular complexity index is 911. The molecule has 0 spiro atoms. The van der Waals surface area contributed by atoms with Crippen LogP contribution in [0.25, 0.3) is 11.0 Å². The van der Waals surface area contributed by atoms with Crippen molar-refractivity contribution in [3.63, 3.8) is 0 Å². The Morgan fingerprint density at radius 1 is 1.14 bits per heavy atom. The van der Waals surface area contributed by atoms with Crippen LogP contribution in [0, 0.1) is 0 Å². The second-order valence-corrected chi connectivity index (χ2v) is 5.92. The number of benzene rings is 1. The van der Waals surface area contributed by atoms with Gasteiger partial charge in [-0.1, -0.05) is 0 Å². The van der Waals surface area contributed by atoms with Crippen LogP contribution in [0.2, 0.25) is 0 Å². The first kappa shape index (κ1) is 14.9. The van der Waals surface area contributed by atoms with Crippen LogP contribution in [-0.2, 0) is 14.8 Å². The van der Waals surface area contributed by atoms with Gasteiger partial charge in [0.05, 0.1) is 22.3 Å². The molecule has 1 aromatic heterocycles. The maximum Gasteiger partial charge on any atom is 0.314 e. The molecule has 1 aromatic carbocycles. The van der Waals surface area contributed by atoms with Gasteiger partial charge in [-0.15, -0.1) is 0 Å². The third kappa shape index (κ3) is 3.35. The van der Waals surface area contributed by atoms with Gasteiger partial charge in [0.15, 0.2) is 0 Å². The Balaban J connectivity index is 2.38. The minimum Gasteiger partial charge on any atom is -0.481 e. The molecule has 10 heteroatoms. The average molecular weight is 313 g/mol. The molecule has 4 N–H and O–H groups in total. The third-order valence-electron chi connectivity index (χ3n) is 2.63. The first-order valence-corrected chi connectivity index (χ1v) is 7.26. The summed E-state index contributed by atoms with van der Waals surface area (Å²) >= 11 is 0. The van der Waals surface area contributed by atoms with Crippen molar-refractivity contribution in [1.82, 2.24) is 14.7 Å². The van der Waals surface area contributed by atoms with Crippen molar-refractivity contribution < 1.29 is 18.3 Å². The van der Waals surface area contributed by atoms with Crippen molar-refractivity contribution in [3.8, 4) is 0 Å². The molecule has 0 saturated carbocycles. The van der Waals surface area contributed by atoms with Crippen LogP contribution in [0.1, 0.15) is 6.42 Å². The van der Waals surface area contributed by atoms with E-state index in [9.17, 15) is 22.8 Å². The van der Waals surface area contributed by atoms with Crippen molar-refractivity contribution in [2.24, 2.45) is 0 Å². The molecule has 112 valence electrons. The number of aromatic amines is 2. The standard InChI is InChI=1S/C11H11N3O6S/c15-9(16)3-4-12-21(19,20)6-1-2-7-8(5-6)14-11(18)10(17)13-7/h1-2,5,12H,3-4H2,(H,13,17)(H,14,18)(H,15,16). The molecule has 0 radical (unpaired) electrons. The monoisotopic (exact) mass is 313 g/mol. The summed E-state index contributed by atoms with van der Waals surface area (Å²) in [5, 5.41) is 8.47. The van der Waals surface area contributed by atoms with Crippen LogP contribution in [0.3, 0.4) is 0 Å². The minimum atomic E-state index is -3.90. The molecule has 0 aliphatic rings. The summed E-state index contributed by atoms with van der Waals surface area (Å²) in [6, 6.07) is 3.74. The van der Waals surface area contributed by atoms with E-state index in [4.69, 9.17) is 5.11 Å².